The molecular formula is C25H15Cl2F3N2O3S. The van der Waals surface area contributed by atoms with Gasteiger partial charge in [-0.2, -0.15) is 13.2 Å². The summed E-state index contributed by atoms with van der Waals surface area (Å²) in [7, 11) is 0. The van der Waals surface area contributed by atoms with Crippen molar-refractivity contribution in [2.45, 2.75) is 12.7 Å². The maximum atomic E-state index is 13.0. The summed E-state index contributed by atoms with van der Waals surface area (Å²) in [5, 5.41) is 2.33. The first-order valence-electron chi connectivity index (χ1n) is 10.3. The van der Waals surface area contributed by atoms with Crippen LogP contribution in [0.4, 0.5) is 23.7 Å². The minimum atomic E-state index is -4.59. The van der Waals surface area contributed by atoms with E-state index in [-0.39, 0.29) is 27.7 Å². The van der Waals surface area contributed by atoms with Crippen molar-refractivity contribution in [1.29, 1.82) is 0 Å². The van der Waals surface area contributed by atoms with Crippen LogP contribution in [0.25, 0.3) is 6.08 Å². The van der Waals surface area contributed by atoms with Gasteiger partial charge in [0.05, 0.1) is 27.7 Å². The Morgan fingerprint density at radius 1 is 0.972 bits per heavy atom. The van der Waals surface area contributed by atoms with E-state index in [4.69, 9.17) is 23.2 Å². The first-order valence-corrected chi connectivity index (χ1v) is 11.9. The lowest BCUT2D eigenvalue weighted by molar-refractivity contribution is -0.137. The topological polar surface area (TPSA) is 66.5 Å². The Morgan fingerprint density at radius 2 is 1.67 bits per heavy atom. The molecule has 1 heterocycles. The van der Waals surface area contributed by atoms with E-state index in [1.807, 2.05) is 0 Å². The van der Waals surface area contributed by atoms with E-state index < -0.39 is 28.8 Å². The molecule has 11 heteroatoms. The van der Waals surface area contributed by atoms with Crippen LogP contribution in [0.15, 0.2) is 71.6 Å². The average Bonchev–Trinajstić information content (AvgIpc) is 3.09. The van der Waals surface area contributed by atoms with E-state index in [0.717, 1.165) is 34.9 Å². The minimum absolute atomic E-state index is 0.0219. The van der Waals surface area contributed by atoms with Gasteiger partial charge in [-0.1, -0.05) is 53.5 Å². The highest BCUT2D eigenvalue weighted by Gasteiger charge is 2.35. The average molecular weight is 551 g/mol. The van der Waals surface area contributed by atoms with E-state index in [1.54, 1.807) is 42.5 Å². The van der Waals surface area contributed by atoms with Gasteiger partial charge in [-0.3, -0.25) is 19.3 Å². The molecule has 36 heavy (non-hydrogen) atoms. The number of carbonyl (C=O) groups excluding carboxylic acids is 3. The Kier molecular flexibility index (Phi) is 7.44. The number of alkyl halides is 3. The molecule has 184 valence electrons. The molecule has 4 rings (SSSR count). The fraction of sp³-hybridized carbons (Fsp3) is 0.0800. The number of thioether (sulfide) groups is 1. The lowest BCUT2D eigenvalue weighted by Crippen LogP contribution is -2.27. The van der Waals surface area contributed by atoms with Crippen molar-refractivity contribution in [2.75, 3.05) is 5.32 Å². The van der Waals surface area contributed by atoms with E-state index in [2.05, 4.69) is 5.32 Å². The van der Waals surface area contributed by atoms with Gasteiger partial charge in [0.2, 0.25) is 0 Å². The first-order chi connectivity index (χ1) is 17.0. The van der Waals surface area contributed by atoms with Gasteiger partial charge in [0.15, 0.2) is 0 Å². The highest BCUT2D eigenvalue weighted by Crippen LogP contribution is 2.35. The van der Waals surface area contributed by atoms with Crippen LogP contribution < -0.4 is 5.32 Å². The quantitative estimate of drug-likeness (QED) is 0.334. The number of amides is 3. The molecule has 0 atom stereocenters. The summed E-state index contributed by atoms with van der Waals surface area (Å²) in [5.41, 5.74) is 0.216. The summed E-state index contributed by atoms with van der Waals surface area (Å²) in [6, 6.07) is 15.5. The van der Waals surface area contributed by atoms with Gasteiger partial charge >= 0.3 is 6.18 Å². The van der Waals surface area contributed by atoms with Crippen LogP contribution in [-0.2, 0) is 17.5 Å². The summed E-state index contributed by atoms with van der Waals surface area (Å²) in [5.74, 6) is -1.14. The van der Waals surface area contributed by atoms with Gasteiger partial charge in [-0.25, -0.2) is 0 Å². The van der Waals surface area contributed by atoms with Gasteiger partial charge < -0.3 is 5.32 Å². The Hall–Kier alpha value is -3.27. The summed E-state index contributed by atoms with van der Waals surface area (Å²) in [6.45, 7) is -0.0219. The normalized spacial score (nSPS) is 15.0. The summed E-state index contributed by atoms with van der Waals surface area (Å²) in [6.07, 6.45) is -3.03. The molecule has 0 aliphatic carbocycles. The molecule has 0 unspecified atom stereocenters. The van der Waals surface area contributed by atoms with Crippen LogP contribution in [0.2, 0.25) is 10.0 Å². The number of imide groups is 1. The predicted octanol–water partition coefficient (Wildman–Crippen LogP) is 7.50. The molecule has 1 aliphatic rings. The number of hydrogen-bond acceptors (Lipinski definition) is 4. The summed E-state index contributed by atoms with van der Waals surface area (Å²) >= 11 is 12.9. The SMILES string of the molecule is O=C(Nc1cc(C(F)(F)F)ccc1Cl)c1ccc(CN2C(=O)S/C(=C\c3ccccc3Cl)C2=O)cc1. The predicted molar refractivity (Wildman–Crippen MR) is 134 cm³/mol. The summed E-state index contributed by atoms with van der Waals surface area (Å²) in [4.78, 5) is 39.0. The van der Waals surface area contributed by atoms with Crippen molar-refractivity contribution in [3.05, 3.63) is 104 Å². The zero-order valence-corrected chi connectivity index (χ0v) is 20.4. The maximum Gasteiger partial charge on any atom is 0.416 e. The number of benzene rings is 3. The van der Waals surface area contributed by atoms with Gasteiger partial charge in [-0.05, 0) is 65.4 Å². The molecule has 3 aromatic rings. The highest BCUT2D eigenvalue weighted by molar-refractivity contribution is 8.18. The fourth-order valence-corrected chi connectivity index (χ4v) is 4.49. The molecule has 1 saturated heterocycles. The second-order valence-corrected chi connectivity index (χ2v) is 9.44. The Labute approximate surface area is 217 Å². The molecule has 1 N–H and O–H groups in total. The van der Waals surface area contributed by atoms with Crippen LogP contribution >= 0.6 is 35.0 Å². The van der Waals surface area contributed by atoms with Crippen molar-refractivity contribution in [1.82, 2.24) is 4.90 Å². The van der Waals surface area contributed by atoms with Crippen LogP contribution in [0.5, 0.6) is 0 Å². The molecular weight excluding hydrogens is 536 g/mol. The third-order valence-electron chi connectivity index (χ3n) is 5.16. The molecule has 0 aromatic heterocycles. The lowest BCUT2D eigenvalue weighted by Gasteiger charge is -2.13. The third-order valence-corrected chi connectivity index (χ3v) is 6.75. The van der Waals surface area contributed by atoms with Crippen molar-refractivity contribution < 1.29 is 27.6 Å². The summed E-state index contributed by atoms with van der Waals surface area (Å²) < 4.78 is 38.9. The van der Waals surface area contributed by atoms with Crippen LogP contribution in [0, 0.1) is 0 Å². The number of anilines is 1. The minimum Gasteiger partial charge on any atom is -0.321 e. The fourth-order valence-electron chi connectivity index (χ4n) is 3.31. The van der Waals surface area contributed by atoms with E-state index in [9.17, 15) is 27.6 Å². The maximum absolute atomic E-state index is 13.0. The number of nitrogens with one attached hydrogen (secondary N) is 1. The molecule has 0 bridgehead atoms. The van der Waals surface area contributed by atoms with Crippen molar-refractivity contribution in [3.63, 3.8) is 0 Å². The van der Waals surface area contributed by atoms with Crippen LogP contribution in [-0.4, -0.2) is 22.0 Å². The number of rotatable bonds is 5. The molecule has 1 fully saturated rings. The van der Waals surface area contributed by atoms with Gasteiger partial charge in [0.25, 0.3) is 17.1 Å². The van der Waals surface area contributed by atoms with Gasteiger partial charge in [-0.15, -0.1) is 0 Å². The number of hydrogen-bond donors (Lipinski definition) is 1. The number of carbonyl (C=O) groups is 3. The molecule has 0 radical (unpaired) electrons. The highest BCUT2D eigenvalue weighted by atomic mass is 35.5. The third kappa shape index (κ3) is 5.75. The van der Waals surface area contributed by atoms with Crippen LogP contribution in [0.3, 0.4) is 0 Å². The molecule has 3 amide bonds. The van der Waals surface area contributed by atoms with Gasteiger partial charge in [0.1, 0.15) is 0 Å². The van der Waals surface area contributed by atoms with E-state index >= 15 is 0 Å². The van der Waals surface area contributed by atoms with Crippen molar-refractivity contribution in [2.24, 2.45) is 0 Å². The Balaban J connectivity index is 1.45. The molecule has 0 spiro atoms. The molecule has 1 aliphatic heterocycles. The molecule has 3 aromatic carbocycles. The lowest BCUT2D eigenvalue weighted by atomic mass is 10.1. The monoisotopic (exact) mass is 550 g/mol. The Morgan fingerprint density at radius 3 is 2.33 bits per heavy atom. The van der Waals surface area contributed by atoms with Crippen molar-refractivity contribution in [3.8, 4) is 0 Å². The zero-order valence-electron chi connectivity index (χ0n) is 18.1. The van der Waals surface area contributed by atoms with E-state index in [0.29, 0.717) is 16.1 Å². The van der Waals surface area contributed by atoms with Gasteiger partial charge in [0, 0.05) is 10.6 Å². The Bertz CT molecular complexity index is 1390. The molecule has 0 saturated carbocycles. The number of nitrogens with zero attached hydrogens (tertiary/aromatic N) is 1. The zero-order chi connectivity index (χ0) is 26.0. The van der Waals surface area contributed by atoms with E-state index in [1.165, 1.54) is 12.1 Å². The largest absolute Gasteiger partial charge is 0.416 e. The van der Waals surface area contributed by atoms with Crippen molar-refractivity contribution >= 4 is 63.8 Å². The first kappa shape index (κ1) is 25.8. The second-order valence-electron chi connectivity index (χ2n) is 7.63. The smallest absolute Gasteiger partial charge is 0.321 e. The molecule has 5 nitrogen and oxygen atoms in total. The standard InChI is InChI=1S/C25H15Cl2F3N2O3S/c26-18-4-2-1-3-16(18)11-21-23(34)32(24(35)36-21)13-14-5-7-15(8-6-14)22(33)31-20-12-17(25(28,29)30)9-10-19(20)27/h1-12H,13H2,(H,31,33)/b21-11-. The second kappa shape index (κ2) is 10.4. The number of halogens is 5. The van der Waals surface area contributed by atoms with Crippen LogP contribution in [0.1, 0.15) is 27.0 Å².